The number of fused-ring (bicyclic) bond motifs is 1. The summed E-state index contributed by atoms with van der Waals surface area (Å²) in [6.07, 6.45) is -2.95. The molecule has 0 aliphatic carbocycles. The molecule has 1 aromatic heterocycles. The van der Waals surface area contributed by atoms with Crippen molar-refractivity contribution < 1.29 is 27.8 Å². The zero-order valence-corrected chi connectivity index (χ0v) is 21.0. The summed E-state index contributed by atoms with van der Waals surface area (Å²) in [5.41, 5.74) is -1.46. The minimum atomic E-state index is -4.73. The Kier molecular flexibility index (Phi) is 6.98. The number of hydrogen-bond donors (Lipinski definition) is 1. The van der Waals surface area contributed by atoms with E-state index < -0.39 is 28.9 Å². The molecule has 1 aliphatic heterocycles. The van der Waals surface area contributed by atoms with Crippen molar-refractivity contribution >= 4 is 45.9 Å². The minimum Gasteiger partial charge on any atom is -0.388 e. The lowest BCUT2D eigenvalue weighted by Crippen LogP contribution is -2.54. The number of rotatable bonds is 5. The van der Waals surface area contributed by atoms with Gasteiger partial charge >= 0.3 is 6.18 Å². The van der Waals surface area contributed by atoms with Gasteiger partial charge in [-0.3, -0.25) is 4.68 Å². The molecule has 0 amide bonds. The van der Waals surface area contributed by atoms with Gasteiger partial charge in [0, 0.05) is 30.0 Å². The summed E-state index contributed by atoms with van der Waals surface area (Å²) in [5, 5.41) is 24.6. The van der Waals surface area contributed by atoms with Crippen molar-refractivity contribution in [2.24, 2.45) is 0 Å². The second-order valence-corrected chi connectivity index (χ2v) is 9.68. The largest absolute Gasteiger partial charge is 0.417 e. The van der Waals surface area contributed by atoms with E-state index in [1.54, 1.807) is 53.9 Å². The van der Waals surface area contributed by atoms with Crippen LogP contribution in [0.2, 0.25) is 0 Å². The molecular formula is C25H24F3N5O3S. The zero-order chi connectivity index (χ0) is 27.1. The van der Waals surface area contributed by atoms with Gasteiger partial charge < -0.3 is 24.4 Å². The van der Waals surface area contributed by atoms with Gasteiger partial charge in [0.25, 0.3) is 0 Å². The zero-order valence-electron chi connectivity index (χ0n) is 20.2. The molecule has 0 saturated carbocycles. The summed E-state index contributed by atoms with van der Waals surface area (Å²) in [7, 11) is 1.50. The third kappa shape index (κ3) is 5.02. The van der Waals surface area contributed by atoms with E-state index in [4.69, 9.17) is 22.2 Å². The number of aliphatic hydroxyl groups is 1. The summed E-state index contributed by atoms with van der Waals surface area (Å²) in [4.78, 5) is 15.0. The highest BCUT2D eigenvalue weighted by Gasteiger charge is 2.36. The summed E-state index contributed by atoms with van der Waals surface area (Å²) < 4.78 is 47.6. The molecule has 4 rings (SSSR count). The number of nitrogens with zero attached hydrogens (tertiary/aromatic N) is 5. The number of halogens is 3. The predicted molar refractivity (Wildman–Crippen MR) is 135 cm³/mol. The standard InChI is InChI=1S/C25H24F3N5O3S/c1-24(2,14-34)33(23(37)31(3)17-5-4-15(10-29)19(9-17)25(26,27)28)18-6-7-20-16(8-18)11-32(30-20)21-12-36-13-22(21)35/h4-9,11,14,21-22,35H,12-13H2,1-3H3. The van der Waals surface area contributed by atoms with Crippen molar-refractivity contribution in [3.05, 3.63) is 53.7 Å². The van der Waals surface area contributed by atoms with Gasteiger partial charge in [-0.1, -0.05) is 0 Å². The molecule has 194 valence electrons. The summed E-state index contributed by atoms with van der Waals surface area (Å²) in [6.45, 7) is 3.82. The topological polar surface area (TPSA) is 94.6 Å². The first kappa shape index (κ1) is 26.5. The van der Waals surface area contributed by atoms with Crippen LogP contribution in [0.1, 0.15) is 31.0 Å². The third-order valence-electron chi connectivity index (χ3n) is 6.28. The van der Waals surface area contributed by atoms with Crippen molar-refractivity contribution in [3.8, 4) is 6.07 Å². The smallest absolute Gasteiger partial charge is 0.388 e. The van der Waals surface area contributed by atoms with Gasteiger partial charge in [-0.25, -0.2) is 0 Å². The molecule has 3 aromatic rings. The second-order valence-electron chi connectivity index (χ2n) is 9.31. The number of hydrogen-bond acceptors (Lipinski definition) is 6. The molecule has 0 spiro atoms. The highest BCUT2D eigenvalue weighted by Crippen LogP contribution is 2.35. The average molecular weight is 532 g/mol. The highest BCUT2D eigenvalue weighted by molar-refractivity contribution is 7.80. The lowest BCUT2D eigenvalue weighted by Gasteiger charge is -2.39. The Hall–Kier alpha value is -3.53. The molecule has 12 heteroatoms. The van der Waals surface area contributed by atoms with Gasteiger partial charge in [0.2, 0.25) is 0 Å². The Morgan fingerprint density at radius 1 is 1.24 bits per heavy atom. The number of carbonyl (C=O) groups is 1. The average Bonchev–Trinajstić information content (AvgIpc) is 3.47. The molecule has 1 N–H and O–H groups in total. The van der Waals surface area contributed by atoms with Crippen molar-refractivity contribution in [2.75, 3.05) is 30.1 Å². The third-order valence-corrected chi connectivity index (χ3v) is 6.74. The number of nitriles is 1. The Morgan fingerprint density at radius 2 is 1.95 bits per heavy atom. The highest BCUT2D eigenvalue weighted by atomic mass is 32.1. The van der Waals surface area contributed by atoms with E-state index in [1.807, 2.05) is 0 Å². The molecule has 1 saturated heterocycles. The molecule has 0 bridgehead atoms. The van der Waals surface area contributed by atoms with E-state index in [-0.39, 0.29) is 23.4 Å². The van der Waals surface area contributed by atoms with E-state index in [0.717, 1.165) is 12.1 Å². The second kappa shape index (κ2) is 9.74. The quantitative estimate of drug-likeness (QED) is 0.389. The molecule has 0 radical (unpaired) electrons. The summed E-state index contributed by atoms with van der Waals surface area (Å²) in [5.74, 6) is 0. The van der Waals surface area contributed by atoms with Gasteiger partial charge in [-0.05, 0) is 62.5 Å². The van der Waals surface area contributed by atoms with Crippen LogP contribution in [-0.4, -0.2) is 58.2 Å². The molecule has 2 unspecified atom stereocenters. The fourth-order valence-electron chi connectivity index (χ4n) is 4.20. The number of anilines is 2. The van der Waals surface area contributed by atoms with Crippen LogP contribution < -0.4 is 9.80 Å². The summed E-state index contributed by atoms with van der Waals surface area (Å²) >= 11 is 5.68. The number of carbonyl (C=O) groups excluding carboxylic acids is 1. The van der Waals surface area contributed by atoms with E-state index in [2.05, 4.69) is 5.10 Å². The molecule has 2 atom stereocenters. The monoisotopic (exact) mass is 531 g/mol. The van der Waals surface area contributed by atoms with Crippen LogP contribution in [0.15, 0.2) is 42.6 Å². The Morgan fingerprint density at radius 3 is 2.54 bits per heavy atom. The normalized spacial score (nSPS) is 18.0. The first-order chi connectivity index (χ1) is 17.4. The molecule has 1 aliphatic rings. The predicted octanol–water partition coefficient (Wildman–Crippen LogP) is 4.06. The Balaban J connectivity index is 1.74. The van der Waals surface area contributed by atoms with E-state index >= 15 is 0 Å². The maximum Gasteiger partial charge on any atom is 0.417 e. The molecule has 8 nitrogen and oxygen atoms in total. The first-order valence-corrected chi connectivity index (χ1v) is 11.7. The van der Waals surface area contributed by atoms with E-state index in [1.165, 1.54) is 18.0 Å². The number of benzene rings is 2. The number of alkyl halides is 3. The molecule has 2 heterocycles. The van der Waals surface area contributed by atoms with E-state index in [9.17, 15) is 23.1 Å². The Labute approximate surface area is 216 Å². The molecule has 37 heavy (non-hydrogen) atoms. The van der Waals surface area contributed by atoms with Crippen molar-refractivity contribution in [1.82, 2.24) is 9.78 Å². The van der Waals surface area contributed by atoms with Crippen molar-refractivity contribution in [3.63, 3.8) is 0 Å². The van der Waals surface area contributed by atoms with Crippen LogP contribution in [-0.2, 0) is 15.7 Å². The van der Waals surface area contributed by atoms with Crippen LogP contribution in [0.3, 0.4) is 0 Å². The number of aldehydes is 1. The van der Waals surface area contributed by atoms with E-state index in [0.29, 0.717) is 29.5 Å². The lowest BCUT2D eigenvalue weighted by atomic mass is 10.0. The molecule has 2 aromatic carbocycles. The maximum atomic E-state index is 13.5. The fourth-order valence-corrected chi connectivity index (χ4v) is 4.65. The first-order valence-electron chi connectivity index (χ1n) is 11.3. The molecule has 1 fully saturated rings. The number of aromatic nitrogens is 2. The minimum absolute atomic E-state index is 0.0706. The van der Waals surface area contributed by atoms with Crippen LogP contribution in [0, 0.1) is 11.3 Å². The van der Waals surface area contributed by atoms with Crippen LogP contribution >= 0.6 is 12.2 Å². The van der Waals surface area contributed by atoms with Gasteiger partial charge in [0.15, 0.2) is 5.11 Å². The number of aliphatic hydroxyl groups excluding tert-OH is 1. The summed E-state index contributed by atoms with van der Waals surface area (Å²) in [6, 6.07) is 9.78. The van der Waals surface area contributed by atoms with Gasteiger partial charge in [0.1, 0.15) is 18.4 Å². The van der Waals surface area contributed by atoms with Crippen LogP contribution in [0.5, 0.6) is 0 Å². The van der Waals surface area contributed by atoms with Gasteiger partial charge in [-0.15, -0.1) is 0 Å². The van der Waals surface area contributed by atoms with Crippen LogP contribution in [0.4, 0.5) is 24.5 Å². The number of ether oxygens (including phenoxy) is 1. The molecular weight excluding hydrogens is 507 g/mol. The number of thiocarbonyl (C=S) groups is 1. The maximum absolute atomic E-state index is 13.5. The van der Waals surface area contributed by atoms with Crippen LogP contribution in [0.25, 0.3) is 10.9 Å². The lowest BCUT2D eigenvalue weighted by molar-refractivity contribution is -0.137. The van der Waals surface area contributed by atoms with Gasteiger partial charge in [-0.2, -0.15) is 23.5 Å². The fraction of sp³-hybridized carbons (Fsp3) is 0.360. The Bertz CT molecular complexity index is 1400. The van der Waals surface area contributed by atoms with Crippen molar-refractivity contribution in [1.29, 1.82) is 5.26 Å². The van der Waals surface area contributed by atoms with Gasteiger partial charge in [0.05, 0.1) is 41.5 Å². The van der Waals surface area contributed by atoms with Crippen molar-refractivity contribution in [2.45, 2.75) is 37.7 Å². The SMILES string of the molecule is CN(C(=S)N(c1ccc2nn(C3COCC3O)cc2c1)C(C)(C)C=O)c1ccc(C#N)c(C(F)(F)F)c1.